The summed E-state index contributed by atoms with van der Waals surface area (Å²) >= 11 is 0. The molecule has 2 saturated heterocycles. The number of ether oxygens (including phenoxy) is 2. The SMILES string of the molecule is CC1CN(c2nc(N3CCOCC3)c3ccc(Nc4ccnc(-c5cccnc5)n4)nc3n2)CC(C)O1. The van der Waals surface area contributed by atoms with Crippen molar-refractivity contribution in [2.75, 3.05) is 54.5 Å². The van der Waals surface area contributed by atoms with Crippen LogP contribution in [0.15, 0.2) is 48.9 Å². The molecule has 0 aromatic carbocycles. The molecule has 2 atom stereocenters. The number of nitrogens with zero attached hydrogens (tertiary/aromatic N) is 8. The smallest absolute Gasteiger partial charge is 0.229 e. The molecule has 0 spiro atoms. The lowest BCUT2D eigenvalue weighted by Crippen LogP contribution is -2.46. The Hall–Kier alpha value is -3.96. The van der Waals surface area contributed by atoms with E-state index in [1.54, 1.807) is 18.6 Å². The van der Waals surface area contributed by atoms with Crippen LogP contribution in [-0.4, -0.2) is 81.5 Å². The van der Waals surface area contributed by atoms with Gasteiger partial charge in [-0.3, -0.25) is 4.98 Å². The highest BCUT2D eigenvalue weighted by atomic mass is 16.5. The highest BCUT2D eigenvalue weighted by molar-refractivity contribution is 5.89. The van der Waals surface area contributed by atoms with Crippen molar-refractivity contribution in [3.05, 3.63) is 48.9 Å². The molecular formula is C26H29N9O2. The molecule has 6 heterocycles. The maximum absolute atomic E-state index is 5.93. The molecule has 2 fully saturated rings. The van der Waals surface area contributed by atoms with E-state index in [2.05, 4.69) is 43.9 Å². The van der Waals surface area contributed by atoms with Crippen molar-refractivity contribution in [2.45, 2.75) is 26.1 Å². The molecule has 1 N–H and O–H groups in total. The predicted octanol–water partition coefficient (Wildman–Crippen LogP) is 3.07. The van der Waals surface area contributed by atoms with Gasteiger partial charge in [-0.15, -0.1) is 0 Å². The van der Waals surface area contributed by atoms with Crippen LogP contribution in [0.3, 0.4) is 0 Å². The summed E-state index contributed by atoms with van der Waals surface area (Å²) in [6.07, 6.45) is 5.39. The van der Waals surface area contributed by atoms with Crippen LogP contribution < -0.4 is 15.1 Å². The van der Waals surface area contributed by atoms with Gasteiger partial charge in [0.15, 0.2) is 11.5 Å². The molecule has 0 bridgehead atoms. The average Bonchev–Trinajstić information content (AvgIpc) is 2.93. The molecule has 37 heavy (non-hydrogen) atoms. The summed E-state index contributed by atoms with van der Waals surface area (Å²) in [5.41, 5.74) is 1.48. The summed E-state index contributed by atoms with van der Waals surface area (Å²) in [7, 11) is 0. The maximum atomic E-state index is 5.93. The number of anilines is 4. The fourth-order valence-electron chi connectivity index (χ4n) is 4.74. The van der Waals surface area contributed by atoms with Crippen molar-refractivity contribution in [3.63, 3.8) is 0 Å². The van der Waals surface area contributed by atoms with Crippen LogP contribution in [0.4, 0.5) is 23.4 Å². The van der Waals surface area contributed by atoms with Gasteiger partial charge in [-0.05, 0) is 44.2 Å². The number of nitrogens with one attached hydrogen (secondary N) is 1. The van der Waals surface area contributed by atoms with Crippen LogP contribution in [0.2, 0.25) is 0 Å². The number of morpholine rings is 2. The first-order chi connectivity index (χ1) is 18.1. The Morgan fingerprint density at radius 3 is 2.46 bits per heavy atom. The van der Waals surface area contributed by atoms with Gasteiger partial charge in [0.2, 0.25) is 5.95 Å². The average molecular weight is 500 g/mol. The zero-order chi connectivity index (χ0) is 25.2. The van der Waals surface area contributed by atoms with E-state index in [0.717, 1.165) is 42.9 Å². The Kier molecular flexibility index (Phi) is 6.46. The van der Waals surface area contributed by atoms with Gasteiger partial charge in [0.1, 0.15) is 17.5 Å². The third-order valence-corrected chi connectivity index (χ3v) is 6.37. The Morgan fingerprint density at radius 1 is 0.865 bits per heavy atom. The van der Waals surface area contributed by atoms with E-state index in [-0.39, 0.29) is 12.2 Å². The van der Waals surface area contributed by atoms with Crippen LogP contribution in [0.5, 0.6) is 0 Å². The first-order valence-electron chi connectivity index (χ1n) is 12.5. The minimum absolute atomic E-state index is 0.0996. The van der Waals surface area contributed by atoms with Crippen LogP contribution in [0, 0.1) is 0 Å². The van der Waals surface area contributed by atoms with Gasteiger partial charge < -0.3 is 24.6 Å². The van der Waals surface area contributed by atoms with E-state index in [1.807, 2.05) is 30.3 Å². The monoisotopic (exact) mass is 499 g/mol. The van der Waals surface area contributed by atoms with Crippen LogP contribution in [0.1, 0.15) is 13.8 Å². The Labute approximate surface area is 214 Å². The van der Waals surface area contributed by atoms with Crippen molar-refractivity contribution >= 4 is 34.4 Å². The molecule has 0 aliphatic carbocycles. The summed E-state index contributed by atoms with van der Waals surface area (Å²) in [6, 6.07) is 9.56. The van der Waals surface area contributed by atoms with Crippen molar-refractivity contribution in [1.82, 2.24) is 29.9 Å². The van der Waals surface area contributed by atoms with Crippen molar-refractivity contribution in [1.29, 1.82) is 0 Å². The van der Waals surface area contributed by atoms with Crippen molar-refractivity contribution in [3.8, 4) is 11.4 Å². The molecule has 6 rings (SSSR count). The normalized spacial score (nSPS) is 20.3. The van der Waals surface area contributed by atoms with Crippen LogP contribution in [-0.2, 0) is 9.47 Å². The zero-order valence-electron chi connectivity index (χ0n) is 20.9. The molecule has 0 amide bonds. The van der Waals surface area contributed by atoms with E-state index in [1.165, 1.54) is 0 Å². The number of hydrogen-bond donors (Lipinski definition) is 1. The van der Waals surface area contributed by atoms with Gasteiger partial charge in [-0.2, -0.15) is 9.97 Å². The molecule has 4 aromatic rings. The summed E-state index contributed by atoms with van der Waals surface area (Å²) < 4.78 is 11.5. The van der Waals surface area contributed by atoms with Gasteiger partial charge in [0.05, 0.1) is 30.8 Å². The second kappa shape index (κ2) is 10.2. The molecular weight excluding hydrogens is 470 g/mol. The zero-order valence-corrected chi connectivity index (χ0v) is 20.9. The summed E-state index contributed by atoms with van der Waals surface area (Å²) in [5.74, 6) is 3.43. The quantitative estimate of drug-likeness (QED) is 0.437. The van der Waals surface area contributed by atoms with Gasteiger partial charge in [0.25, 0.3) is 0 Å². The Morgan fingerprint density at radius 2 is 1.68 bits per heavy atom. The van der Waals surface area contributed by atoms with E-state index in [4.69, 9.17) is 24.4 Å². The minimum atomic E-state index is 0.0996. The molecule has 0 saturated carbocycles. The lowest BCUT2D eigenvalue weighted by atomic mass is 10.2. The van der Waals surface area contributed by atoms with Gasteiger partial charge in [-0.25, -0.2) is 15.0 Å². The topological polar surface area (TPSA) is 114 Å². The molecule has 2 aliphatic rings. The van der Waals surface area contributed by atoms with E-state index in [0.29, 0.717) is 42.3 Å². The largest absolute Gasteiger partial charge is 0.378 e. The van der Waals surface area contributed by atoms with Crippen molar-refractivity contribution < 1.29 is 9.47 Å². The van der Waals surface area contributed by atoms with Gasteiger partial charge >= 0.3 is 0 Å². The van der Waals surface area contributed by atoms with Crippen LogP contribution >= 0.6 is 0 Å². The molecule has 11 heteroatoms. The standard InChI is InChI=1S/C26H29N9O2/c1-17-15-35(16-18(2)37-17)26-32-24-20(25(33-26)34-10-12-36-13-11-34)5-6-21(31-24)29-22-7-9-28-23(30-22)19-4-3-8-27-14-19/h3-9,14,17-18H,10-13,15-16H2,1-2H3,(H,28,29,30,31,32,33). The third-order valence-electron chi connectivity index (χ3n) is 6.37. The number of pyridine rings is 2. The van der Waals surface area contributed by atoms with E-state index in [9.17, 15) is 0 Å². The molecule has 2 aliphatic heterocycles. The lowest BCUT2D eigenvalue weighted by Gasteiger charge is -2.36. The Bertz CT molecular complexity index is 1370. The summed E-state index contributed by atoms with van der Waals surface area (Å²) in [6.45, 7) is 8.52. The second-order valence-corrected chi connectivity index (χ2v) is 9.31. The van der Waals surface area contributed by atoms with E-state index < -0.39 is 0 Å². The minimum Gasteiger partial charge on any atom is -0.378 e. The highest BCUT2D eigenvalue weighted by Gasteiger charge is 2.26. The maximum Gasteiger partial charge on any atom is 0.229 e. The Balaban J connectivity index is 1.36. The number of rotatable bonds is 5. The molecule has 11 nitrogen and oxygen atoms in total. The number of hydrogen-bond acceptors (Lipinski definition) is 11. The van der Waals surface area contributed by atoms with Crippen molar-refractivity contribution in [2.24, 2.45) is 0 Å². The van der Waals surface area contributed by atoms with Gasteiger partial charge in [0, 0.05) is 50.3 Å². The second-order valence-electron chi connectivity index (χ2n) is 9.31. The summed E-state index contributed by atoms with van der Waals surface area (Å²) in [5, 5.41) is 4.21. The van der Waals surface area contributed by atoms with Crippen LogP contribution in [0.25, 0.3) is 22.4 Å². The number of aromatic nitrogens is 6. The molecule has 0 radical (unpaired) electrons. The van der Waals surface area contributed by atoms with Gasteiger partial charge in [-0.1, -0.05) is 0 Å². The number of fused-ring (bicyclic) bond motifs is 1. The predicted molar refractivity (Wildman–Crippen MR) is 141 cm³/mol. The van der Waals surface area contributed by atoms with E-state index >= 15 is 0 Å². The fraction of sp³-hybridized carbons (Fsp3) is 0.385. The first kappa shape index (κ1) is 23.4. The molecule has 190 valence electrons. The first-order valence-corrected chi connectivity index (χ1v) is 12.5. The summed E-state index contributed by atoms with van der Waals surface area (Å²) in [4.78, 5) is 32.4. The fourth-order valence-corrected chi connectivity index (χ4v) is 4.74. The lowest BCUT2D eigenvalue weighted by molar-refractivity contribution is -0.00570. The highest BCUT2D eigenvalue weighted by Crippen LogP contribution is 2.29. The third kappa shape index (κ3) is 5.13. The molecule has 4 aromatic heterocycles. The molecule has 2 unspecified atom stereocenters.